The fourth-order valence-corrected chi connectivity index (χ4v) is 10.4. The Hall–Kier alpha value is -0.400. The summed E-state index contributed by atoms with van der Waals surface area (Å²) in [6, 6.07) is 0. The zero-order valence-electron chi connectivity index (χ0n) is 34.9. The normalized spacial score (nSPS) is 45.2. The first-order chi connectivity index (χ1) is 26.6. The standard InChI is InChI=1S/C21H36O4.C14H24O4.C10H16O2/c1-21(2,15-3-7-17(8-4-15)22-11-19-13-24-19)16-5-9-18(10-6-16)23-12-20-14-25-20;1-2-12(6-16-8-14-10-18-14)4-3-11(1)5-15-7-13-9-17-13;1-9-5-7(10(2)6-11-10)3-4-8(9)12-9/h15-20H,3-14H2,1-2H3;11-14H,1-10H2;7-8H,3-6H2,1-2H3. The van der Waals surface area contributed by atoms with Crippen LogP contribution in [0.2, 0.25) is 0 Å². The van der Waals surface area contributed by atoms with Crippen molar-refractivity contribution in [3.05, 3.63) is 0 Å². The zero-order valence-corrected chi connectivity index (χ0v) is 34.9. The molecule has 0 radical (unpaired) electrons. The first-order valence-corrected chi connectivity index (χ1v) is 22.8. The fourth-order valence-electron chi connectivity index (χ4n) is 10.4. The van der Waals surface area contributed by atoms with Crippen molar-refractivity contribution in [1.82, 2.24) is 0 Å². The summed E-state index contributed by atoms with van der Waals surface area (Å²) in [4.78, 5) is 0. The summed E-state index contributed by atoms with van der Waals surface area (Å²) in [5.41, 5.74) is 0.910. The SMILES string of the molecule is C1CC(COCC2CO2)CCC1COCC1CO1.CC(C)(C1CCC(OCC2CO2)CC1)C1CCC(OCC2CO2)CC1.CC1(C2CCC3OC3(C)C2)CO1. The molecule has 6 heterocycles. The summed E-state index contributed by atoms with van der Waals surface area (Å²) in [5.74, 6) is 3.97. The molecule has 0 bridgehead atoms. The van der Waals surface area contributed by atoms with Crippen LogP contribution in [0.1, 0.15) is 124 Å². The van der Waals surface area contributed by atoms with Crippen LogP contribution in [0, 0.1) is 35.0 Å². The van der Waals surface area contributed by atoms with Crippen molar-refractivity contribution in [3.8, 4) is 0 Å². The first kappa shape index (κ1) is 41.3. The minimum absolute atomic E-state index is 0.222. The van der Waals surface area contributed by atoms with E-state index >= 15 is 0 Å². The molecule has 8 atom stereocenters. The van der Waals surface area contributed by atoms with Crippen LogP contribution in [0.3, 0.4) is 0 Å². The minimum Gasteiger partial charge on any atom is -0.378 e. The fraction of sp³-hybridized carbons (Fsp3) is 1.00. The van der Waals surface area contributed by atoms with Crippen molar-refractivity contribution in [1.29, 1.82) is 0 Å². The maximum Gasteiger partial charge on any atom is 0.104 e. The molecule has 0 aromatic rings. The Morgan fingerprint density at radius 2 is 0.927 bits per heavy atom. The Kier molecular flexibility index (Phi) is 13.9. The van der Waals surface area contributed by atoms with E-state index in [-0.39, 0.29) is 11.2 Å². The molecule has 0 aromatic carbocycles. The molecule has 10 aliphatic rings. The number of epoxide rings is 6. The van der Waals surface area contributed by atoms with Crippen molar-refractivity contribution in [3.63, 3.8) is 0 Å². The van der Waals surface area contributed by atoms with Gasteiger partial charge in [0.05, 0.1) is 89.0 Å². The van der Waals surface area contributed by atoms with E-state index < -0.39 is 0 Å². The zero-order chi connectivity index (χ0) is 37.9. The lowest BCUT2D eigenvalue weighted by molar-refractivity contribution is -0.0387. The molecule has 0 spiro atoms. The van der Waals surface area contributed by atoms with Crippen molar-refractivity contribution < 1.29 is 47.4 Å². The van der Waals surface area contributed by atoms with E-state index in [4.69, 9.17) is 47.4 Å². The van der Waals surface area contributed by atoms with Gasteiger partial charge < -0.3 is 47.4 Å². The Morgan fingerprint density at radius 3 is 1.31 bits per heavy atom. The number of rotatable bonds is 17. The average molecular weight is 777 g/mol. The molecule has 10 nitrogen and oxygen atoms in total. The largest absolute Gasteiger partial charge is 0.378 e. The third kappa shape index (κ3) is 12.8. The van der Waals surface area contributed by atoms with Gasteiger partial charge in [-0.3, -0.25) is 0 Å². The van der Waals surface area contributed by atoms with Gasteiger partial charge in [0.1, 0.15) is 24.4 Å². The Bertz CT molecular complexity index is 1090. The van der Waals surface area contributed by atoms with E-state index in [0.717, 1.165) is 102 Å². The summed E-state index contributed by atoms with van der Waals surface area (Å²) in [6.45, 7) is 19.2. The van der Waals surface area contributed by atoms with E-state index in [9.17, 15) is 0 Å². The van der Waals surface area contributed by atoms with Crippen molar-refractivity contribution in [2.45, 2.75) is 178 Å². The minimum atomic E-state index is 0.222. The quantitative estimate of drug-likeness (QED) is 0.139. The van der Waals surface area contributed by atoms with E-state index in [1.54, 1.807) is 0 Å². The van der Waals surface area contributed by atoms with Crippen LogP contribution < -0.4 is 0 Å². The lowest BCUT2D eigenvalue weighted by Gasteiger charge is -2.46. The van der Waals surface area contributed by atoms with Gasteiger partial charge >= 0.3 is 0 Å². The number of ether oxygens (including phenoxy) is 10. The molecule has 55 heavy (non-hydrogen) atoms. The molecule has 10 fully saturated rings. The molecule has 4 aliphatic carbocycles. The summed E-state index contributed by atoms with van der Waals surface area (Å²) in [7, 11) is 0. The highest BCUT2D eigenvalue weighted by atomic mass is 16.6. The molecule has 4 saturated carbocycles. The van der Waals surface area contributed by atoms with Gasteiger partial charge in [-0.1, -0.05) is 13.8 Å². The Balaban J connectivity index is 0.000000124. The number of fused-ring (bicyclic) bond motifs is 1. The predicted molar refractivity (Wildman–Crippen MR) is 208 cm³/mol. The van der Waals surface area contributed by atoms with Gasteiger partial charge in [0.15, 0.2) is 0 Å². The van der Waals surface area contributed by atoms with Crippen LogP contribution in [0.15, 0.2) is 0 Å². The highest BCUT2D eigenvalue weighted by Gasteiger charge is 2.60. The Morgan fingerprint density at radius 1 is 0.509 bits per heavy atom. The van der Waals surface area contributed by atoms with E-state index in [0.29, 0.717) is 48.1 Å². The van der Waals surface area contributed by atoms with Gasteiger partial charge in [0.2, 0.25) is 0 Å². The molecular formula is C45H76O10. The maximum absolute atomic E-state index is 6.03. The molecule has 6 aliphatic heterocycles. The highest BCUT2D eigenvalue weighted by molar-refractivity contribution is 5.09. The lowest BCUT2D eigenvalue weighted by atomic mass is 9.60. The lowest BCUT2D eigenvalue weighted by Crippen LogP contribution is -2.39. The number of hydrogen-bond donors (Lipinski definition) is 0. The van der Waals surface area contributed by atoms with Crippen LogP contribution in [0.4, 0.5) is 0 Å². The molecule has 0 N–H and O–H groups in total. The second-order valence-corrected chi connectivity index (χ2v) is 20.2. The summed E-state index contributed by atoms with van der Waals surface area (Å²) in [5, 5.41) is 0. The van der Waals surface area contributed by atoms with Crippen molar-refractivity contribution in [2.24, 2.45) is 35.0 Å². The van der Waals surface area contributed by atoms with Gasteiger partial charge in [-0.2, -0.15) is 0 Å². The van der Waals surface area contributed by atoms with Gasteiger partial charge in [-0.05, 0) is 145 Å². The second-order valence-electron chi connectivity index (χ2n) is 20.2. The van der Waals surface area contributed by atoms with Crippen LogP contribution in [0.25, 0.3) is 0 Å². The summed E-state index contributed by atoms with van der Waals surface area (Å²) in [6.07, 6.45) is 22.3. The topological polar surface area (TPSA) is 112 Å². The molecule has 10 rings (SSSR count). The monoisotopic (exact) mass is 777 g/mol. The molecule has 316 valence electrons. The van der Waals surface area contributed by atoms with Crippen molar-refractivity contribution in [2.75, 3.05) is 72.7 Å². The van der Waals surface area contributed by atoms with Crippen LogP contribution >= 0.6 is 0 Å². The second kappa shape index (κ2) is 18.5. The van der Waals surface area contributed by atoms with Crippen LogP contribution in [0.5, 0.6) is 0 Å². The van der Waals surface area contributed by atoms with Gasteiger partial charge in [-0.25, -0.2) is 0 Å². The van der Waals surface area contributed by atoms with Crippen molar-refractivity contribution >= 4 is 0 Å². The van der Waals surface area contributed by atoms with Crippen LogP contribution in [-0.4, -0.2) is 127 Å². The molecule has 6 saturated heterocycles. The molecule has 8 unspecified atom stereocenters. The third-order valence-electron chi connectivity index (χ3n) is 15.3. The van der Waals surface area contributed by atoms with E-state index in [2.05, 4.69) is 27.7 Å². The molecule has 0 amide bonds. The van der Waals surface area contributed by atoms with Gasteiger partial charge in [0, 0.05) is 13.2 Å². The summed E-state index contributed by atoms with van der Waals surface area (Å²) < 4.78 is 55.3. The maximum atomic E-state index is 6.03. The molecular weight excluding hydrogens is 700 g/mol. The first-order valence-electron chi connectivity index (χ1n) is 22.8. The molecule has 0 aromatic heterocycles. The highest BCUT2D eigenvalue weighted by Crippen LogP contribution is 2.55. The van der Waals surface area contributed by atoms with Crippen LogP contribution in [-0.2, 0) is 47.4 Å². The van der Waals surface area contributed by atoms with E-state index in [1.807, 2.05) is 0 Å². The van der Waals surface area contributed by atoms with Gasteiger partial charge in [-0.15, -0.1) is 0 Å². The predicted octanol–water partition coefficient (Wildman–Crippen LogP) is 7.32. The number of hydrogen-bond acceptors (Lipinski definition) is 10. The summed E-state index contributed by atoms with van der Waals surface area (Å²) >= 11 is 0. The third-order valence-corrected chi connectivity index (χ3v) is 15.3. The average Bonchev–Trinajstić information content (AvgIpc) is 3.98. The van der Waals surface area contributed by atoms with Gasteiger partial charge in [0.25, 0.3) is 0 Å². The smallest absolute Gasteiger partial charge is 0.104 e. The molecule has 10 heteroatoms. The van der Waals surface area contributed by atoms with E-state index in [1.165, 1.54) is 96.3 Å². The Labute approximate surface area is 332 Å².